The summed E-state index contributed by atoms with van der Waals surface area (Å²) in [7, 11) is -2.54. The summed E-state index contributed by atoms with van der Waals surface area (Å²) in [5.41, 5.74) is 0.628. The van der Waals surface area contributed by atoms with Crippen molar-refractivity contribution in [3.63, 3.8) is 0 Å². The lowest BCUT2D eigenvalue weighted by atomic mass is 10.2. The van der Waals surface area contributed by atoms with Crippen molar-refractivity contribution in [3.05, 3.63) is 57.4 Å². The third-order valence-corrected chi connectivity index (χ3v) is 6.95. The Labute approximate surface area is 181 Å². The summed E-state index contributed by atoms with van der Waals surface area (Å²) in [6.45, 7) is 2.02. The lowest BCUT2D eigenvalue weighted by molar-refractivity contribution is -0.122. The van der Waals surface area contributed by atoms with Crippen LogP contribution in [0.5, 0.6) is 11.5 Å². The van der Waals surface area contributed by atoms with Gasteiger partial charge >= 0.3 is 0 Å². The number of sulfonamides is 1. The number of carbonyl (C=O) groups is 1. The molecule has 0 radical (unpaired) electrons. The van der Waals surface area contributed by atoms with Crippen LogP contribution < -0.4 is 4.74 Å². The highest BCUT2D eigenvalue weighted by atomic mass is 79.9. The summed E-state index contributed by atoms with van der Waals surface area (Å²) < 4.78 is 35.0. The lowest BCUT2D eigenvalue weighted by Gasteiger charge is -2.11. The van der Waals surface area contributed by atoms with E-state index in [0.717, 1.165) is 16.2 Å². The molecule has 0 unspecified atom stereocenters. The molecule has 1 aliphatic heterocycles. The van der Waals surface area contributed by atoms with Gasteiger partial charge in [0.15, 0.2) is 16.7 Å². The number of amides is 1. The smallest absolute Gasteiger partial charge is 0.284 e. The van der Waals surface area contributed by atoms with Gasteiger partial charge in [-0.05, 0) is 66.7 Å². The molecule has 1 amide bonds. The predicted octanol–water partition coefficient (Wildman–Crippen LogP) is 3.84. The van der Waals surface area contributed by atoms with Gasteiger partial charge < -0.3 is 9.84 Å². The van der Waals surface area contributed by atoms with Crippen LogP contribution in [-0.4, -0.2) is 43.2 Å². The fraction of sp³-hybridized carbons (Fsp3) is 0.158. The van der Waals surface area contributed by atoms with E-state index in [-0.39, 0.29) is 34.0 Å². The minimum atomic E-state index is -3.97. The van der Waals surface area contributed by atoms with Gasteiger partial charge in [0.1, 0.15) is 0 Å². The lowest BCUT2D eigenvalue weighted by Crippen LogP contribution is -2.29. The second-order valence-electron chi connectivity index (χ2n) is 5.89. The average molecular weight is 497 g/mol. The Morgan fingerprint density at radius 3 is 2.55 bits per heavy atom. The van der Waals surface area contributed by atoms with Gasteiger partial charge in [0, 0.05) is 11.0 Å². The molecule has 7 nitrogen and oxygen atoms in total. The van der Waals surface area contributed by atoms with Crippen LogP contribution in [-0.2, 0) is 14.8 Å². The molecule has 2 aromatic carbocycles. The number of ether oxygens (including phenoxy) is 1. The summed E-state index contributed by atoms with van der Waals surface area (Å²) in [6, 6.07) is 10.8. The number of phenolic OH excluding ortho intramolecular Hbond substituents is 1. The maximum absolute atomic E-state index is 12.7. The normalized spacial score (nSPS) is 17.3. The van der Waals surface area contributed by atoms with Gasteiger partial charge in [-0.2, -0.15) is 8.42 Å². The topological polar surface area (TPSA) is 96.3 Å². The summed E-state index contributed by atoms with van der Waals surface area (Å²) in [5.74, 6) is -0.0822. The Bertz CT molecular complexity index is 1110. The fourth-order valence-corrected chi connectivity index (χ4v) is 5.06. The second-order valence-corrected chi connectivity index (χ2v) is 9.42. The number of rotatable bonds is 5. The average Bonchev–Trinajstić information content (AvgIpc) is 2.97. The molecule has 0 aromatic heterocycles. The molecule has 1 saturated heterocycles. The quantitative estimate of drug-likeness (QED) is 0.631. The number of phenols is 1. The number of methoxy groups -OCH3 is 1. The first kappa shape index (κ1) is 21.4. The Morgan fingerprint density at radius 2 is 1.93 bits per heavy atom. The molecule has 0 spiro atoms. The van der Waals surface area contributed by atoms with Crippen molar-refractivity contribution < 1.29 is 23.1 Å². The van der Waals surface area contributed by atoms with Gasteiger partial charge in [0.2, 0.25) is 0 Å². The summed E-state index contributed by atoms with van der Waals surface area (Å²) >= 11 is 4.25. The zero-order valence-corrected chi connectivity index (χ0v) is 18.7. The van der Waals surface area contributed by atoms with E-state index < -0.39 is 10.0 Å². The minimum Gasteiger partial charge on any atom is -0.504 e. The standard InChI is InChI=1S/C19H17BrN2O5S2/c1-3-22-18(24)17(11-12-4-9-15(23)16(10-12)27-2)28-19(22)21-29(25,26)14-7-5-13(20)6-8-14/h4-11,23H,3H2,1-2H3/b17-11-,21-19+. The number of nitrogens with zero attached hydrogens (tertiary/aromatic N) is 2. The number of halogens is 1. The van der Waals surface area contributed by atoms with Crippen molar-refractivity contribution >= 4 is 54.9 Å². The van der Waals surface area contributed by atoms with E-state index in [1.807, 2.05) is 0 Å². The highest BCUT2D eigenvalue weighted by Crippen LogP contribution is 2.35. The third-order valence-electron chi connectivity index (χ3n) is 4.02. The molecular formula is C19H17BrN2O5S2. The molecule has 0 aliphatic carbocycles. The number of likely N-dealkylation sites (N-methyl/N-ethyl adjacent to an activating group) is 1. The van der Waals surface area contributed by atoms with Crippen molar-refractivity contribution in [2.75, 3.05) is 13.7 Å². The number of hydrogen-bond acceptors (Lipinski definition) is 6. The molecule has 1 aliphatic rings. The highest BCUT2D eigenvalue weighted by Gasteiger charge is 2.34. The minimum absolute atomic E-state index is 0.0157. The zero-order chi connectivity index (χ0) is 21.2. The molecule has 1 N–H and O–H groups in total. The molecule has 2 aromatic rings. The second kappa shape index (κ2) is 8.60. The van der Waals surface area contributed by atoms with E-state index in [4.69, 9.17) is 4.74 Å². The van der Waals surface area contributed by atoms with Crippen molar-refractivity contribution in [3.8, 4) is 11.5 Å². The molecule has 29 heavy (non-hydrogen) atoms. The van der Waals surface area contributed by atoms with E-state index in [2.05, 4.69) is 20.3 Å². The van der Waals surface area contributed by atoms with E-state index >= 15 is 0 Å². The van der Waals surface area contributed by atoms with Crippen LogP contribution in [0, 0.1) is 0 Å². The van der Waals surface area contributed by atoms with Gasteiger partial charge in [0.25, 0.3) is 15.9 Å². The molecule has 0 saturated carbocycles. The van der Waals surface area contributed by atoms with Crippen LogP contribution in [0.25, 0.3) is 6.08 Å². The van der Waals surface area contributed by atoms with Crippen molar-refractivity contribution in [1.82, 2.24) is 4.90 Å². The Hall–Kier alpha value is -2.30. The summed E-state index contributed by atoms with van der Waals surface area (Å²) in [5, 5.41) is 9.80. The summed E-state index contributed by atoms with van der Waals surface area (Å²) in [6.07, 6.45) is 1.60. The number of aromatic hydroxyl groups is 1. The largest absolute Gasteiger partial charge is 0.504 e. The maximum atomic E-state index is 12.7. The van der Waals surface area contributed by atoms with Crippen LogP contribution in [0.4, 0.5) is 0 Å². The molecule has 3 rings (SSSR count). The molecule has 1 heterocycles. The predicted molar refractivity (Wildman–Crippen MR) is 116 cm³/mol. The Kier molecular flexibility index (Phi) is 6.35. The van der Waals surface area contributed by atoms with Crippen molar-refractivity contribution in [2.24, 2.45) is 4.40 Å². The van der Waals surface area contributed by atoms with Gasteiger partial charge in [0.05, 0.1) is 16.9 Å². The number of thioether (sulfide) groups is 1. The number of benzene rings is 2. The first-order chi connectivity index (χ1) is 13.7. The first-order valence-corrected chi connectivity index (χ1v) is 11.5. The van der Waals surface area contributed by atoms with Crippen LogP contribution in [0.2, 0.25) is 0 Å². The van der Waals surface area contributed by atoms with Gasteiger partial charge in [-0.1, -0.05) is 22.0 Å². The van der Waals surface area contributed by atoms with E-state index in [1.54, 1.807) is 37.3 Å². The number of hydrogen-bond donors (Lipinski definition) is 1. The summed E-state index contributed by atoms with van der Waals surface area (Å²) in [4.78, 5) is 14.4. The van der Waals surface area contributed by atoms with Crippen LogP contribution in [0.15, 0.2) is 61.1 Å². The van der Waals surface area contributed by atoms with E-state index in [9.17, 15) is 18.3 Å². The third kappa shape index (κ3) is 4.65. The van der Waals surface area contributed by atoms with Gasteiger partial charge in [-0.3, -0.25) is 9.69 Å². The number of carbonyl (C=O) groups excluding carboxylic acids is 1. The molecule has 1 fully saturated rings. The molecule has 0 bridgehead atoms. The highest BCUT2D eigenvalue weighted by molar-refractivity contribution is 9.10. The van der Waals surface area contributed by atoms with Gasteiger partial charge in [-0.15, -0.1) is 4.40 Å². The van der Waals surface area contributed by atoms with Crippen molar-refractivity contribution in [1.29, 1.82) is 0 Å². The first-order valence-electron chi connectivity index (χ1n) is 8.44. The van der Waals surface area contributed by atoms with Crippen LogP contribution in [0.1, 0.15) is 12.5 Å². The molecule has 10 heteroatoms. The molecule has 152 valence electrons. The van der Waals surface area contributed by atoms with E-state index in [1.165, 1.54) is 30.2 Å². The van der Waals surface area contributed by atoms with Crippen molar-refractivity contribution in [2.45, 2.75) is 11.8 Å². The van der Waals surface area contributed by atoms with Crippen LogP contribution >= 0.6 is 27.7 Å². The van der Waals surface area contributed by atoms with Crippen LogP contribution in [0.3, 0.4) is 0 Å². The maximum Gasteiger partial charge on any atom is 0.284 e. The fourth-order valence-electron chi connectivity index (χ4n) is 2.55. The zero-order valence-electron chi connectivity index (χ0n) is 15.5. The molecule has 0 atom stereocenters. The number of amidine groups is 1. The van der Waals surface area contributed by atoms with Gasteiger partial charge in [-0.25, -0.2) is 0 Å². The molecular weight excluding hydrogens is 480 g/mol. The Morgan fingerprint density at radius 1 is 1.24 bits per heavy atom. The monoisotopic (exact) mass is 496 g/mol. The Balaban J connectivity index is 1.96. The SMILES string of the molecule is CCN1C(=O)/C(=C/c2ccc(O)c(OC)c2)S/C1=N/S(=O)(=O)c1ccc(Br)cc1. The van der Waals surface area contributed by atoms with E-state index in [0.29, 0.717) is 10.5 Å².